The molecular weight excluding hydrogens is 290 g/mol. The number of nitrogens with zero attached hydrogens (tertiary/aromatic N) is 1. The standard InChI is InChI=1S/C19H13NO3/c1-3-12-5-4-6-15-16(19(21)22)11-17(20-18(12)15)13-7-9-14(23-2)10-8-13/h1,4-11H,2H3,(H,21,22). The molecule has 0 atom stereocenters. The Morgan fingerprint density at radius 2 is 1.96 bits per heavy atom. The van der Waals surface area contributed by atoms with E-state index in [2.05, 4.69) is 10.9 Å². The van der Waals surface area contributed by atoms with E-state index in [-0.39, 0.29) is 5.56 Å². The van der Waals surface area contributed by atoms with E-state index in [9.17, 15) is 9.90 Å². The summed E-state index contributed by atoms with van der Waals surface area (Å²) in [4.78, 5) is 16.2. The van der Waals surface area contributed by atoms with Crippen molar-refractivity contribution in [3.05, 3.63) is 59.7 Å². The number of benzene rings is 2. The SMILES string of the molecule is C#Cc1cccc2c(C(=O)O)cc(-c3ccc(OC)cc3)nc12. The van der Waals surface area contributed by atoms with E-state index in [1.165, 1.54) is 0 Å². The maximum absolute atomic E-state index is 11.6. The first-order valence-electron chi connectivity index (χ1n) is 6.92. The number of pyridine rings is 1. The Morgan fingerprint density at radius 1 is 1.22 bits per heavy atom. The van der Waals surface area contributed by atoms with Gasteiger partial charge in [-0.3, -0.25) is 0 Å². The van der Waals surface area contributed by atoms with E-state index in [1.54, 1.807) is 43.5 Å². The van der Waals surface area contributed by atoms with Gasteiger partial charge in [-0.25, -0.2) is 9.78 Å². The number of para-hydroxylation sites is 1. The number of methoxy groups -OCH3 is 1. The molecule has 0 unspecified atom stereocenters. The molecule has 4 heteroatoms. The molecule has 1 N–H and O–H groups in total. The Kier molecular flexibility index (Phi) is 3.70. The number of terminal acetylenes is 1. The molecule has 23 heavy (non-hydrogen) atoms. The lowest BCUT2D eigenvalue weighted by Crippen LogP contribution is -2.01. The van der Waals surface area contributed by atoms with Crippen molar-refractivity contribution in [3.8, 4) is 29.4 Å². The predicted octanol–water partition coefficient (Wildman–Crippen LogP) is 3.59. The first-order valence-corrected chi connectivity index (χ1v) is 6.92. The zero-order valence-corrected chi connectivity index (χ0v) is 12.4. The molecule has 112 valence electrons. The van der Waals surface area contributed by atoms with Crippen LogP contribution in [0, 0.1) is 12.3 Å². The van der Waals surface area contributed by atoms with Crippen LogP contribution >= 0.6 is 0 Å². The molecule has 0 radical (unpaired) electrons. The average Bonchev–Trinajstić information content (AvgIpc) is 2.60. The maximum atomic E-state index is 11.6. The maximum Gasteiger partial charge on any atom is 0.336 e. The largest absolute Gasteiger partial charge is 0.497 e. The van der Waals surface area contributed by atoms with E-state index >= 15 is 0 Å². The van der Waals surface area contributed by atoms with Gasteiger partial charge in [0, 0.05) is 10.9 Å². The van der Waals surface area contributed by atoms with Crippen molar-refractivity contribution >= 4 is 16.9 Å². The first-order chi connectivity index (χ1) is 11.1. The second-order valence-electron chi connectivity index (χ2n) is 4.93. The van der Waals surface area contributed by atoms with Crippen molar-refractivity contribution < 1.29 is 14.6 Å². The lowest BCUT2D eigenvalue weighted by atomic mass is 10.0. The minimum absolute atomic E-state index is 0.179. The van der Waals surface area contributed by atoms with Gasteiger partial charge in [-0.15, -0.1) is 6.42 Å². The van der Waals surface area contributed by atoms with Crippen LogP contribution in [0.1, 0.15) is 15.9 Å². The van der Waals surface area contributed by atoms with Gasteiger partial charge in [-0.1, -0.05) is 18.1 Å². The molecule has 1 aromatic heterocycles. The molecule has 3 aromatic rings. The summed E-state index contributed by atoms with van der Waals surface area (Å²) in [6.07, 6.45) is 5.51. The van der Waals surface area contributed by atoms with Crippen molar-refractivity contribution in [1.82, 2.24) is 4.98 Å². The summed E-state index contributed by atoms with van der Waals surface area (Å²) in [7, 11) is 1.59. The number of carboxylic acid groups (broad SMARTS) is 1. The second-order valence-corrected chi connectivity index (χ2v) is 4.93. The lowest BCUT2D eigenvalue weighted by Gasteiger charge is -2.09. The van der Waals surface area contributed by atoms with E-state index in [4.69, 9.17) is 11.2 Å². The monoisotopic (exact) mass is 303 g/mol. The Labute approximate surface area is 133 Å². The van der Waals surface area contributed by atoms with Crippen LogP contribution in [-0.4, -0.2) is 23.2 Å². The minimum atomic E-state index is -1.01. The molecular formula is C19H13NO3. The van der Waals surface area contributed by atoms with Gasteiger partial charge in [-0.2, -0.15) is 0 Å². The summed E-state index contributed by atoms with van der Waals surface area (Å²) in [5, 5.41) is 10.0. The molecule has 0 aliphatic rings. The molecule has 3 rings (SSSR count). The number of aromatic carboxylic acids is 1. The summed E-state index contributed by atoms with van der Waals surface area (Å²) >= 11 is 0. The number of carboxylic acids is 1. The van der Waals surface area contributed by atoms with Gasteiger partial charge in [0.2, 0.25) is 0 Å². The van der Waals surface area contributed by atoms with E-state index in [0.29, 0.717) is 22.2 Å². The quantitative estimate of drug-likeness (QED) is 0.751. The van der Waals surface area contributed by atoms with Gasteiger partial charge >= 0.3 is 5.97 Å². The minimum Gasteiger partial charge on any atom is -0.497 e. The van der Waals surface area contributed by atoms with Crippen LogP contribution in [-0.2, 0) is 0 Å². The van der Waals surface area contributed by atoms with Crippen LogP contribution in [0.15, 0.2) is 48.5 Å². The lowest BCUT2D eigenvalue weighted by molar-refractivity contribution is 0.0699. The molecule has 2 aromatic carbocycles. The number of hydrogen-bond acceptors (Lipinski definition) is 3. The molecule has 0 bridgehead atoms. The third-order valence-electron chi connectivity index (χ3n) is 3.61. The highest BCUT2D eigenvalue weighted by molar-refractivity contribution is 6.05. The number of rotatable bonds is 3. The molecule has 0 amide bonds. The number of fused-ring (bicyclic) bond motifs is 1. The number of aromatic nitrogens is 1. The smallest absolute Gasteiger partial charge is 0.336 e. The summed E-state index contributed by atoms with van der Waals surface area (Å²) in [6, 6.07) is 14.0. The van der Waals surface area contributed by atoms with Crippen LogP contribution < -0.4 is 4.74 Å². The van der Waals surface area contributed by atoms with Crippen LogP contribution in [0.3, 0.4) is 0 Å². The van der Waals surface area contributed by atoms with Crippen molar-refractivity contribution in [2.75, 3.05) is 7.11 Å². The molecule has 0 spiro atoms. The highest BCUT2D eigenvalue weighted by Gasteiger charge is 2.14. The fraction of sp³-hybridized carbons (Fsp3) is 0.0526. The zero-order valence-electron chi connectivity index (χ0n) is 12.4. The van der Waals surface area contributed by atoms with Crippen molar-refractivity contribution in [3.63, 3.8) is 0 Å². The Morgan fingerprint density at radius 3 is 2.57 bits per heavy atom. The normalized spacial score (nSPS) is 10.3. The summed E-state index contributed by atoms with van der Waals surface area (Å²) in [6.45, 7) is 0. The zero-order chi connectivity index (χ0) is 16.4. The highest BCUT2D eigenvalue weighted by Crippen LogP contribution is 2.27. The summed E-state index contributed by atoms with van der Waals surface area (Å²) in [5.41, 5.74) is 2.61. The third-order valence-corrected chi connectivity index (χ3v) is 3.61. The topological polar surface area (TPSA) is 59.4 Å². The second kappa shape index (κ2) is 5.82. The van der Waals surface area contributed by atoms with Crippen molar-refractivity contribution in [2.24, 2.45) is 0 Å². The Bertz CT molecular complexity index is 937. The molecule has 0 aliphatic carbocycles. The highest BCUT2D eigenvalue weighted by atomic mass is 16.5. The average molecular weight is 303 g/mol. The molecule has 0 saturated heterocycles. The van der Waals surface area contributed by atoms with E-state index in [0.717, 1.165) is 11.3 Å². The number of ether oxygens (including phenoxy) is 1. The van der Waals surface area contributed by atoms with Gasteiger partial charge in [0.15, 0.2) is 0 Å². The molecule has 0 fully saturated rings. The van der Waals surface area contributed by atoms with Gasteiger partial charge in [-0.05, 0) is 36.4 Å². The van der Waals surface area contributed by atoms with Gasteiger partial charge < -0.3 is 9.84 Å². The van der Waals surface area contributed by atoms with Gasteiger partial charge in [0.25, 0.3) is 0 Å². The van der Waals surface area contributed by atoms with Crippen LogP contribution in [0.2, 0.25) is 0 Å². The van der Waals surface area contributed by atoms with Gasteiger partial charge in [0.1, 0.15) is 5.75 Å². The molecule has 0 aliphatic heterocycles. The van der Waals surface area contributed by atoms with E-state index < -0.39 is 5.97 Å². The Hall–Kier alpha value is -3.32. The molecule has 4 nitrogen and oxygen atoms in total. The van der Waals surface area contributed by atoms with Crippen LogP contribution in [0.4, 0.5) is 0 Å². The van der Waals surface area contributed by atoms with E-state index in [1.807, 2.05) is 12.1 Å². The summed E-state index contributed by atoms with van der Waals surface area (Å²) in [5.74, 6) is 2.26. The number of carbonyl (C=O) groups is 1. The first kappa shape index (κ1) is 14.6. The fourth-order valence-electron chi connectivity index (χ4n) is 2.45. The van der Waals surface area contributed by atoms with Crippen LogP contribution in [0.25, 0.3) is 22.2 Å². The summed E-state index contributed by atoms with van der Waals surface area (Å²) < 4.78 is 5.13. The van der Waals surface area contributed by atoms with Crippen LogP contribution in [0.5, 0.6) is 5.75 Å². The predicted molar refractivity (Wildman–Crippen MR) is 88.6 cm³/mol. The number of hydrogen-bond donors (Lipinski definition) is 1. The molecule has 0 saturated carbocycles. The molecule has 1 heterocycles. The Balaban J connectivity index is 2.29. The van der Waals surface area contributed by atoms with Crippen molar-refractivity contribution in [1.29, 1.82) is 0 Å². The van der Waals surface area contributed by atoms with Gasteiger partial charge in [0.05, 0.1) is 29.4 Å². The van der Waals surface area contributed by atoms with Crippen molar-refractivity contribution in [2.45, 2.75) is 0 Å². The fourth-order valence-corrected chi connectivity index (χ4v) is 2.45. The third kappa shape index (κ3) is 2.60.